The summed E-state index contributed by atoms with van der Waals surface area (Å²) in [4.78, 5) is 9.47. The maximum Gasteiger partial charge on any atom is 0.416 e. The van der Waals surface area contributed by atoms with E-state index < -0.39 is 11.7 Å². The number of benzene rings is 7. The number of nitrogens with zero attached hydrogens (tertiary/aromatic N) is 3. The number of fused-ring (bicyclic) bond motifs is 6. The van der Waals surface area contributed by atoms with Gasteiger partial charge in [0.25, 0.3) is 0 Å². The molecule has 66 heavy (non-hydrogen) atoms. The van der Waals surface area contributed by atoms with Crippen molar-refractivity contribution >= 4 is 43.9 Å². The first kappa shape index (κ1) is 44.2. The second-order valence-corrected chi connectivity index (χ2v) is 16.7. The van der Waals surface area contributed by atoms with Gasteiger partial charge < -0.3 is 18.4 Å². The second kappa shape index (κ2) is 18.1. The van der Waals surface area contributed by atoms with Crippen molar-refractivity contribution in [3.63, 3.8) is 0 Å². The number of imidazole rings is 1. The van der Waals surface area contributed by atoms with Gasteiger partial charge in [0.05, 0.1) is 39.3 Å². The molecular weight excluding hydrogens is 1010 g/mol. The van der Waals surface area contributed by atoms with E-state index in [9.17, 15) is 13.2 Å². The van der Waals surface area contributed by atoms with Crippen LogP contribution in [0.4, 0.5) is 13.2 Å². The Bertz CT molecular complexity index is 3400. The molecule has 329 valence electrons. The Morgan fingerprint density at radius 2 is 1.30 bits per heavy atom. The largest absolute Gasteiger partial charge is 0.499 e. The van der Waals surface area contributed by atoms with E-state index in [1.54, 1.807) is 6.20 Å². The second-order valence-electron chi connectivity index (χ2n) is 16.7. The van der Waals surface area contributed by atoms with Gasteiger partial charge in [-0.3, -0.25) is 4.98 Å². The maximum atomic E-state index is 14.0. The molecule has 0 aliphatic carbocycles. The van der Waals surface area contributed by atoms with Crippen LogP contribution in [0.5, 0.6) is 0 Å². The number of alkyl halides is 3. The molecule has 0 saturated carbocycles. The van der Waals surface area contributed by atoms with E-state index in [0.29, 0.717) is 44.5 Å². The Morgan fingerprint density at radius 1 is 0.636 bits per heavy atom. The predicted octanol–water partition coefficient (Wildman–Crippen LogP) is 16.3. The van der Waals surface area contributed by atoms with Crippen molar-refractivity contribution in [3.8, 4) is 50.8 Å². The Hall–Kier alpha value is -7.06. The molecule has 0 N–H and O–H groups in total. The molecule has 4 heterocycles. The summed E-state index contributed by atoms with van der Waals surface area (Å²) in [7, 11) is 0. The summed E-state index contributed by atoms with van der Waals surface area (Å²) in [6, 6.07) is 58.6. The molecule has 0 spiro atoms. The maximum absolute atomic E-state index is 14.0. The van der Waals surface area contributed by atoms with Crippen LogP contribution < -0.4 is 0 Å². The van der Waals surface area contributed by atoms with Crippen LogP contribution in [0.15, 0.2) is 179 Å². The summed E-state index contributed by atoms with van der Waals surface area (Å²) < 4.78 is 57.1. The van der Waals surface area contributed by atoms with Gasteiger partial charge in [-0.2, -0.15) is 13.2 Å². The molecule has 0 atom stereocenters. The summed E-state index contributed by atoms with van der Waals surface area (Å²) in [5, 5.41) is 1.76. The number of furan rings is 2. The molecule has 0 saturated heterocycles. The normalized spacial score (nSPS) is 11.7. The third-order valence-corrected chi connectivity index (χ3v) is 11.7. The van der Waals surface area contributed by atoms with Crippen LogP contribution in [-0.4, -0.2) is 14.5 Å². The summed E-state index contributed by atoms with van der Waals surface area (Å²) in [6.45, 7) is 8.78. The molecule has 4 aromatic heterocycles. The Balaban J connectivity index is 0.000000365. The monoisotopic (exact) mass is 1050 g/mol. The molecule has 0 fully saturated rings. The van der Waals surface area contributed by atoms with Crippen molar-refractivity contribution in [2.75, 3.05) is 0 Å². The molecule has 0 amide bonds. The van der Waals surface area contributed by atoms with Gasteiger partial charge in [0.2, 0.25) is 0 Å². The predicted molar refractivity (Wildman–Crippen MR) is 255 cm³/mol. The minimum Gasteiger partial charge on any atom is -0.499 e. The standard InChI is InChI=1S/C46H34F3N2O2.C11H8N.Ir/c1-26(2)34-21-30(28-13-7-5-8-14-28)22-35(27(3)4)42(34)51-38-18-12-11-17-37(38)50-45(51)36-23-31-24-39(29-15-9-6-10-16-29)52-43(31)41-33-20-19-32(46(47,48)49)25-40(33)53-44(36)41;1-2-6-10(7-3-1)11-8-4-5-9-12-11;/h5-22,24-27H,1-4H3;1-6,8-9H;/q2*-1;. The molecule has 11 aromatic rings. The SMILES string of the molecule is CC(C)c1cc(-c2ccccc2)cc(C(C)C)c1-n1c(-c2[c-]c3cc(-c4ccccc4)oc3c3c2oc2cc(C(F)(F)F)ccc23)nc2ccccc21.[Ir].[c-]1ccccc1-c1ccccn1. The number of hydrogen-bond donors (Lipinski definition) is 0. The first-order valence-electron chi connectivity index (χ1n) is 21.6. The molecule has 0 aliphatic rings. The minimum atomic E-state index is -4.54. The topological polar surface area (TPSA) is 57.0 Å². The smallest absolute Gasteiger partial charge is 0.416 e. The number of pyridine rings is 1. The van der Waals surface area contributed by atoms with Crippen molar-refractivity contribution in [1.29, 1.82) is 0 Å². The van der Waals surface area contributed by atoms with E-state index in [2.05, 4.69) is 91.8 Å². The van der Waals surface area contributed by atoms with Crippen LogP contribution in [0, 0.1) is 12.1 Å². The molecular formula is C57H42F3IrN3O2-2. The summed E-state index contributed by atoms with van der Waals surface area (Å²) >= 11 is 0. The number of para-hydroxylation sites is 2. The van der Waals surface area contributed by atoms with Crippen LogP contribution in [0.1, 0.15) is 56.2 Å². The number of rotatable bonds is 7. The van der Waals surface area contributed by atoms with Gasteiger partial charge in [0.15, 0.2) is 0 Å². The van der Waals surface area contributed by atoms with E-state index in [1.807, 2.05) is 103 Å². The van der Waals surface area contributed by atoms with Crippen LogP contribution in [-0.2, 0) is 26.3 Å². The van der Waals surface area contributed by atoms with E-state index in [1.165, 1.54) is 6.07 Å². The van der Waals surface area contributed by atoms with Gasteiger partial charge in [-0.05, 0) is 87.8 Å². The molecule has 0 bridgehead atoms. The van der Waals surface area contributed by atoms with Crippen molar-refractivity contribution in [2.45, 2.75) is 45.7 Å². The fourth-order valence-electron chi connectivity index (χ4n) is 8.55. The van der Waals surface area contributed by atoms with Crippen LogP contribution in [0.25, 0.3) is 94.7 Å². The fraction of sp³-hybridized carbons (Fsp3) is 0.123. The third kappa shape index (κ3) is 8.25. The molecule has 7 aromatic carbocycles. The van der Waals surface area contributed by atoms with Gasteiger partial charge in [-0.15, -0.1) is 42.0 Å². The van der Waals surface area contributed by atoms with Gasteiger partial charge in [0, 0.05) is 48.3 Å². The Morgan fingerprint density at radius 3 is 1.95 bits per heavy atom. The van der Waals surface area contributed by atoms with Gasteiger partial charge >= 0.3 is 6.18 Å². The van der Waals surface area contributed by atoms with Crippen LogP contribution in [0.2, 0.25) is 0 Å². The number of aromatic nitrogens is 3. The third-order valence-electron chi connectivity index (χ3n) is 11.7. The molecule has 0 unspecified atom stereocenters. The molecule has 9 heteroatoms. The Labute approximate surface area is 393 Å². The van der Waals surface area contributed by atoms with E-state index in [4.69, 9.17) is 13.8 Å². The van der Waals surface area contributed by atoms with Crippen molar-refractivity contribution in [3.05, 3.63) is 199 Å². The Kier molecular flexibility index (Phi) is 12.1. The molecule has 11 rings (SSSR count). The summed E-state index contributed by atoms with van der Waals surface area (Å²) in [5.74, 6) is 1.47. The average Bonchev–Trinajstić information content (AvgIpc) is 4.05. The van der Waals surface area contributed by atoms with Crippen LogP contribution in [0.3, 0.4) is 0 Å². The van der Waals surface area contributed by atoms with E-state index in [0.717, 1.165) is 67.9 Å². The van der Waals surface area contributed by atoms with Gasteiger partial charge in [0.1, 0.15) is 5.58 Å². The van der Waals surface area contributed by atoms with Crippen molar-refractivity contribution in [2.24, 2.45) is 0 Å². The molecule has 0 aliphatic heterocycles. The molecule has 1 radical (unpaired) electrons. The molecule has 5 nitrogen and oxygen atoms in total. The number of halogens is 3. The van der Waals surface area contributed by atoms with E-state index in [-0.39, 0.29) is 37.5 Å². The van der Waals surface area contributed by atoms with Crippen LogP contribution >= 0.6 is 0 Å². The summed E-state index contributed by atoms with van der Waals surface area (Å²) in [6.07, 6.45) is -2.75. The zero-order valence-corrected chi connectivity index (χ0v) is 38.8. The zero-order chi connectivity index (χ0) is 44.8. The first-order chi connectivity index (χ1) is 31.5. The van der Waals surface area contributed by atoms with E-state index >= 15 is 0 Å². The van der Waals surface area contributed by atoms with Gasteiger partial charge in [-0.25, -0.2) is 0 Å². The quantitative estimate of drug-likeness (QED) is 0.149. The fourth-order valence-corrected chi connectivity index (χ4v) is 8.55. The van der Waals surface area contributed by atoms with Gasteiger partial charge in [-0.1, -0.05) is 130 Å². The zero-order valence-electron chi connectivity index (χ0n) is 36.4. The van der Waals surface area contributed by atoms with Crippen molar-refractivity contribution < 1.29 is 42.1 Å². The minimum absolute atomic E-state index is 0. The summed E-state index contributed by atoms with van der Waals surface area (Å²) in [5.41, 5.74) is 10.8. The van der Waals surface area contributed by atoms with Crippen molar-refractivity contribution in [1.82, 2.24) is 14.5 Å². The first-order valence-corrected chi connectivity index (χ1v) is 21.6. The average molecular weight is 1050 g/mol. The number of hydrogen-bond acceptors (Lipinski definition) is 4.